The maximum atomic E-state index is 13.8. The number of benzene rings is 2. The van der Waals surface area contributed by atoms with Crippen molar-refractivity contribution in [2.75, 3.05) is 0 Å². The van der Waals surface area contributed by atoms with E-state index in [1.165, 1.54) is 12.1 Å². The van der Waals surface area contributed by atoms with E-state index in [0.717, 1.165) is 5.56 Å². The van der Waals surface area contributed by atoms with Gasteiger partial charge in [-0.15, -0.1) is 0 Å². The van der Waals surface area contributed by atoms with E-state index in [9.17, 15) is 8.78 Å². The summed E-state index contributed by atoms with van der Waals surface area (Å²) in [6.07, 6.45) is 0.256. The normalized spacial score (nSPS) is 12.5. The first-order valence-corrected chi connectivity index (χ1v) is 7.27. The fourth-order valence-electron chi connectivity index (χ4n) is 1.93. The molecule has 0 aliphatic carbocycles. The Balaban J connectivity index is 2.28. The molecule has 2 N–H and O–H groups in total. The Kier molecular flexibility index (Phi) is 5.02. The van der Waals surface area contributed by atoms with Gasteiger partial charge < -0.3 is 5.73 Å². The van der Waals surface area contributed by atoms with Crippen LogP contribution in [0.15, 0.2) is 34.8 Å². The predicted octanol–water partition coefficient (Wildman–Crippen LogP) is 5.28. The van der Waals surface area contributed by atoms with E-state index in [4.69, 9.17) is 28.9 Å². The molecule has 0 saturated carbocycles. The molecule has 1 nitrogen and oxygen atoms in total. The van der Waals surface area contributed by atoms with Crippen molar-refractivity contribution >= 4 is 39.1 Å². The third-order valence-electron chi connectivity index (χ3n) is 2.85. The van der Waals surface area contributed by atoms with Gasteiger partial charge in [0.15, 0.2) is 0 Å². The highest BCUT2D eigenvalue weighted by Gasteiger charge is 2.18. The maximum absolute atomic E-state index is 13.8. The van der Waals surface area contributed by atoms with Gasteiger partial charge in [0.05, 0.1) is 10.0 Å². The number of nitrogens with two attached hydrogens (primary N) is 1. The fraction of sp³-hybridized carbons (Fsp3) is 0.143. The monoisotopic (exact) mass is 379 g/mol. The lowest BCUT2D eigenvalue weighted by molar-refractivity contribution is 0.523. The number of hydrogen-bond acceptors (Lipinski definition) is 1. The van der Waals surface area contributed by atoms with Crippen molar-refractivity contribution in [3.63, 3.8) is 0 Å². The van der Waals surface area contributed by atoms with Crippen LogP contribution in [-0.2, 0) is 6.42 Å². The van der Waals surface area contributed by atoms with E-state index in [2.05, 4.69) is 15.9 Å². The minimum absolute atomic E-state index is 0.140. The van der Waals surface area contributed by atoms with Gasteiger partial charge in [-0.2, -0.15) is 0 Å². The molecule has 0 radical (unpaired) electrons. The van der Waals surface area contributed by atoms with Crippen LogP contribution >= 0.6 is 39.1 Å². The molecule has 2 aromatic carbocycles. The Morgan fingerprint density at radius 2 is 1.65 bits per heavy atom. The lowest BCUT2D eigenvalue weighted by atomic mass is 9.99. The molecule has 0 aliphatic rings. The summed E-state index contributed by atoms with van der Waals surface area (Å²) in [5.74, 6) is -1.35. The highest BCUT2D eigenvalue weighted by Crippen LogP contribution is 2.28. The van der Waals surface area contributed by atoms with Crippen LogP contribution in [0.4, 0.5) is 8.78 Å². The summed E-state index contributed by atoms with van der Waals surface area (Å²) in [6, 6.07) is 6.56. The molecule has 6 heteroatoms. The van der Waals surface area contributed by atoms with Crippen LogP contribution in [-0.4, -0.2) is 0 Å². The van der Waals surface area contributed by atoms with Crippen molar-refractivity contribution in [2.24, 2.45) is 5.73 Å². The molecule has 2 rings (SSSR count). The van der Waals surface area contributed by atoms with Gasteiger partial charge in [0.25, 0.3) is 0 Å². The van der Waals surface area contributed by atoms with Crippen molar-refractivity contribution in [3.05, 3.63) is 67.6 Å². The Labute approximate surface area is 133 Å². The van der Waals surface area contributed by atoms with Gasteiger partial charge in [0.2, 0.25) is 0 Å². The molecular formula is C14H10BrCl2F2N. The van der Waals surface area contributed by atoms with Crippen LogP contribution in [0.2, 0.25) is 10.0 Å². The van der Waals surface area contributed by atoms with Gasteiger partial charge in [0.1, 0.15) is 11.6 Å². The van der Waals surface area contributed by atoms with Gasteiger partial charge in [-0.3, -0.25) is 0 Å². The van der Waals surface area contributed by atoms with E-state index in [0.29, 0.717) is 14.5 Å². The largest absolute Gasteiger partial charge is 0.323 e. The van der Waals surface area contributed by atoms with E-state index < -0.39 is 17.7 Å². The zero-order valence-electron chi connectivity index (χ0n) is 10.1. The summed E-state index contributed by atoms with van der Waals surface area (Å²) < 4.78 is 28.0. The molecule has 20 heavy (non-hydrogen) atoms. The third kappa shape index (κ3) is 3.50. The summed E-state index contributed by atoms with van der Waals surface area (Å²) in [5, 5.41) is 0.804. The fourth-order valence-corrected chi connectivity index (χ4v) is 2.65. The van der Waals surface area contributed by atoms with Crippen molar-refractivity contribution in [1.29, 1.82) is 0 Å². The molecule has 0 bridgehead atoms. The lowest BCUT2D eigenvalue weighted by Crippen LogP contribution is -2.17. The average molecular weight is 381 g/mol. The van der Waals surface area contributed by atoms with E-state index in [1.807, 2.05) is 0 Å². The summed E-state index contributed by atoms with van der Waals surface area (Å²) >= 11 is 14.7. The molecule has 0 aliphatic heterocycles. The van der Waals surface area contributed by atoms with Gasteiger partial charge in [-0.05, 0) is 36.2 Å². The van der Waals surface area contributed by atoms with Crippen molar-refractivity contribution < 1.29 is 8.78 Å². The maximum Gasteiger partial charge on any atom is 0.132 e. The van der Waals surface area contributed by atoms with Gasteiger partial charge in [-0.1, -0.05) is 45.2 Å². The molecule has 1 atom stereocenters. The van der Waals surface area contributed by atoms with Crippen LogP contribution in [0, 0.1) is 11.6 Å². The van der Waals surface area contributed by atoms with Gasteiger partial charge in [-0.25, -0.2) is 8.78 Å². The summed E-state index contributed by atoms with van der Waals surface area (Å²) in [5.41, 5.74) is 6.51. The Hall–Kier alpha value is -0.680. The predicted molar refractivity (Wildman–Crippen MR) is 81.2 cm³/mol. The molecule has 1 unspecified atom stereocenters. The number of rotatable bonds is 3. The second-order valence-corrected chi connectivity index (χ2v) is 6.07. The van der Waals surface area contributed by atoms with Crippen molar-refractivity contribution in [2.45, 2.75) is 12.5 Å². The zero-order chi connectivity index (χ0) is 14.9. The summed E-state index contributed by atoms with van der Waals surface area (Å²) in [6.45, 7) is 0. The molecule has 0 fully saturated rings. The minimum atomic E-state index is -0.805. The molecule has 0 saturated heterocycles. The summed E-state index contributed by atoms with van der Waals surface area (Å²) in [7, 11) is 0. The summed E-state index contributed by atoms with van der Waals surface area (Å²) in [4.78, 5) is 0. The molecule has 0 aromatic heterocycles. The smallest absolute Gasteiger partial charge is 0.132 e. The van der Waals surface area contributed by atoms with Crippen LogP contribution in [0.25, 0.3) is 0 Å². The first-order chi connectivity index (χ1) is 9.38. The molecule has 0 amide bonds. The van der Waals surface area contributed by atoms with Crippen LogP contribution in [0.3, 0.4) is 0 Å². The molecular weight excluding hydrogens is 371 g/mol. The highest BCUT2D eigenvalue weighted by molar-refractivity contribution is 9.10. The van der Waals surface area contributed by atoms with E-state index in [1.54, 1.807) is 18.2 Å². The second kappa shape index (κ2) is 6.39. The number of hydrogen-bond donors (Lipinski definition) is 1. The SMILES string of the molecule is NC(Cc1ccc(Cl)c(Cl)c1)c1c(F)cc(Br)cc1F. The van der Waals surface area contributed by atoms with Crippen LogP contribution in [0.5, 0.6) is 0 Å². The quantitative estimate of drug-likeness (QED) is 0.770. The Morgan fingerprint density at radius 1 is 1.05 bits per heavy atom. The molecule has 0 spiro atoms. The van der Waals surface area contributed by atoms with E-state index >= 15 is 0 Å². The first-order valence-electron chi connectivity index (χ1n) is 5.72. The van der Waals surface area contributed by atoms with Crippen molar-refractivity contribution in [3.8, 4) is 0 Å². The lowest BCUT2D eigenvalue weighted by Gasteiger charge is -2.15. The van der Waals surface area contributed by atoms with E-state index in [-0.39, 0.29) is 12.0 Å². The van der Waals surface area contributed by atoms with Gasteiger partial charge >= 0.3 is 0 Å². The Morgan fingerprint density at radius 3 is 2.20 bits per heavy atom. The highest BCUT2D eigenvalue weighted by atomic mass is 79.9. The third-order valence-corrected chi connectivity index (χ3v) is 4.05. The van der Waals surface area contributed by atoms with Crippen LogP contribution < -0.4 is 5.73 Å². The molecule has 2 aromatic rings. The second-order valence-electron chi connectivity index (χ2n) is 4.34. The Bertz CT molecular complexity index is 626. The average Bonchev–Trinajstić information content (AvgIpc) is 2.32. The van der Waals surface area contributed by atoms with Crippen molar-refractivity contribution in [1.82, 2.24) is 0 Å². The molecule has 106 valence electrons. The van der Waals surface area contributed by atoms with Crippen LogP contribution in [0.1, 0.15) is 17.2 Å². The van der Waals surface area contributed by atoms with Gasteiger partial charge in [0, 0.05) is 16.1 Å². The standard InChI is InChI=1S/C14H10BrCl2F2N/c15-8-5-11(18)14(12(19)6-8)13(20)4-7-1-2-9(16)10(17)3-7/h1-3,5-6,13H,4,20H2. The minimum Gasteiger partial charge on any atom is -0.323 e. The topological polar surface area (TPSA) is 26.0 Å². The number of halogens is 5. The molecule has 0 heterocycles. The first kappa shape index (κ1) is 15.7. The zero-order valence-corrected chi connectivity index (χ0v) is 13.2.